The molecule has 1 N–H and O–H groups in total. The van der Waals surface area contributed by atoms with Gasteiger partial charge in [0.25, 0.3) is 0 Å². The number of carbonyl (C=O) groups is 1. The number of piperidine rings is 2. The first-order chi connectivity index (χ1) is 17.9. The third-order valence-electron chi connectivity index (χ3n) is 8.08. The lowest BCUT2D eigenvalue weighted by Gasteiger charge is -2.35. The highest BCUT2D eigenvalue weighted by Crippen LogP contribution is 2.33. The average Bonchev–Trinajstić information content (AvgIpc) is 3.35. The lowest BCUT2D eigenvalue weighted by Crippen LogP contribution is -2.39. The Kier molecular flexibility index (Phi) is 7.70. The monoisotopic (exact) mass is 509 g/mol. The number of fused-ring (bicyclic) bond motifs is 1. The molecule has 4 nitrogen and oxygen atoms in total. The molecule has 0 aliphatic carbocycles. The molecule has 0 spiro atoms. The number of nitrogens with one attached hydrogen (secondary N) is 1. The number of amides is 1. The van der Waals surface area contributed by atoms with Crippen molar-refractivity contribution < 1.29 is 18.0 Å². The topological polar surface area (TPSA) is 39.3 Å². The Bertz CT molecular complexity index is 1210. The molecule has 2 aromatic carbocycles. The number of hydrogen-bond donors (Lipinski definition) is 1. The molecule has 0 saturated carbocycles. The van der Waals surface area contributed by atoms with E-state index in [1.54, 1.807) is 6.08 Å². The van der Waals surface area contributed by atoms with Crippen LogP contribution in [0.25, 0.3) is 17.0 Å². The first-order valence-electron chi connectivity index (χ1n) is 13.3. The van der Waals surface area contributed by atoms with Gasteiger partial charge in [-0.2, -0.15) is 13.2 Å². The van der Waals surface area contributed by atoms with Crippen LogP contribution in [0.2, 0.25) is 0 Å². The van der Waals surface area contributed by atoms with Gasteiger partial charge >= 0.3 is 6.18 Å². The Morgan fingerprint density at radius 3 is 2.35 bits per heavy atom. The summed E-state index contributed by atoms with van der Waals surface area (Å²) in [6, 6.07) is 13.4. The fourth-order valence-corrected chi connectivity index (χ4v) is 5.76. The molecule has 2 saturated heterocycles. The van der Waals surface area contributed by atoms with Crippen LogP contribution >= 0.6 is 0 Å². The smallest absolute Gasteiger partial charge is 0.361 e. The van der Waals surface area contributed by atoms with Crippen LogP contribution < -0.4 is 0 Å². The Balaban J connectivity index is 1.02. The molecule has 2 aliphatic rings. The Morgan fingerprint density at radius 1 is 0.946 bits per heavy atom. The summed E-state index contributed by atoms with van der Waals surface area (Å²) >= 11 is 0. The van der Waals surface area contributed by atoms with E-state index in [9.17, 15) is 18.0 Å². The zero-order valence-electron chi connectivity index (χ0n) is 21.0. The quantitative estimate of drug-likeness (QED) is 0.375. The van der Waals surface area contributed by atoms with Crippen LogP contribution in [0.4, 0.5) is 13.2 Å². The molecule has 196 valence electrons. The molecule has 5 rings (SSSR count). The van der Waals surface area contributed by atoms with E-state index < -0.39 is 11.7 Å². The van der Waals surface area contributed by atoms with Gasteiger partial charge in [-0.1, -0.05) is 30.3 Å². The number of nitrogens with zero attached hydrogens (tertiary/aromatic N) is 2. The van der Waals surface area contributed by atoms with Gasteiger partial charge in [-0.25, -0.2) is 0 Å². The molecule has 2 aliphatic heterocycles. The second kappa shape index (κ2) is 11.1. The van der Waals surface area contributed by atoms with Crippen molar-refractivity contribution in [2.24, 2.45) is 5.92 Å². The van der Waals surface area contributed by atoms with Gasteiger partial charge in [0.1, 0.15) is 0 Å². The summed E-state index contributed by atoms with van der Waals surface area (Å²) in [6.07, 6.45) is 6.48. The number of rotatable bonds is 6. The SMILES string of the molecule is O=C(/C=C/c1ccc(C(F)(F)F)cc1)N1CCC(CCN2CCC(c3c[nH]c4ccccc34)CC2)CC1. The van der Waals surface area contributed by atoms with Crippen LogP contribution in [-0.4, -0.2) is 53.4 Å². The van der Waals surface area contributed by atoms with Gasteiger partial charge in [-0.15, -0.1) is 0 Å². The first kappa shape index (κ1) is 25.6. The number of hydrogen-bond acceptors (Lipinski definition) is 2. The van der Waals surface area contributed by atoms with Crippen molar-refractivity contribution in [1.82, 2.24) is 14.8 Å². The summed E-state index contributed by atoms with van der Waals surface area (Å²) < 4.78 is 38.1. The predicted octanol–water partition coefficient (Wildman–Crippen LogP) is 6.71. The van der Waals surface area contributed by atoms with Crippen molar-refractivity contribution in [3.63, 3.8) is 0 Å². The average molecular weight is 510 g/mol. The molecule has 37 heavy (non-hydrogen) atoms. The molecular formula is C30H34F3N3O. The molecule has 1 amide bonds. The standard InChI is InChI=1S/C30H34F3N3O/c31-30(32,33)25-8-5-22(6-9-25)7-10-29(37)36-19-12-23(13-20-36)11-16-35-17-14-24(15-18-35)27-21-34-28-4-2-1-3-26(27)28/h1-10,21,23-24,34H,11-20H2/b10-7+. The van der Waals surface area contributed by atoms with E-state index in [1.807, 2.05) is 4.90 Å². The maximum atomic E-state index is 12.7. The van der Waals surface area contributed by atoms with Crippen LogP contribution in [0.3, 0.4) is 0 Å². The lowest BCUT2D eigenvalue weighted by molar-refractivity contribution is -0.137. The fraction of sp³-hybridized carbons (Fsp3) is 0.433. The van der Waals surface area contributed by atoms with Crippen molar-refractivity contribution >= 4 is 22.9 Å². The van der Waals surface area contributed by atoms with Crippen LogP contribution in [-0.2, 0) is 11.0 Å². The summed E-state index contributed by atoms with van der Waals surface area (Å²) in [5.41, 5.74) is 2.58. The zero-order valence-corrected chi connectivity index (χ0v) is 21.0. The number of carbonyl (C=O) groups excluding carboxylic acids is 1. The Hall–Kier alpha value is -3.06. The van der Waals surface area contributed by atoms with Crippen molar-refractivity contribution in [3.8, 4) is 0 Å². The molecule has 0 unspecified atom stereocenters. The van der Waals surface area contributed by atoms with Crippen LogP contribution in [0, 0.1) is 5.92 Å². The van der Waals surface area contributed by atoms with Crippen LogP contribution in [0.1, 0.15) is 54.7 Å². The molecule has 7 heteroatoms. The van der Waals surface area contributed by atoms with Gasteiger partial charge in [0, 0.05) is 36.3 Å². The van der Waals surface area contributed by atoms with Gasteiger partial charge < -0.3 is 14.8 Å². The number of halogens is 3. The van der Waals surface area contributed by atoms with E-state index in [0.29, 0.717) is 17.4 Å². The Morgan fingerprint density at radius 2 is 1.65 bits per heavy atom. The van der Waals surface area contributed by atoms with E-state index >= 15 is 0 Å². The number of likely N-dealkylation sites (tertiary alicyclic amines) is 2. The molecule has 0 radical (unpaired) electrons. The van der Waals surface area contributed by atoms with Crippen LogP contribution in [0.15, 0.2) is 60.8 Å². The van der Waals surface area contributed by atoms with Crippen molar-refractivity contribution in [2.75, 3.05) is 32.7 Å². The second-order valence-electron chi connectivity index (χ2n) is 10.4. The maximum absolute atomic E-state index is 12.7. The molecule has 3 heterocycles. The van der Waals surface area contributed by atoms with Gasteiger partial charge in [0.15, 0.2) is 0 Å². The highest BCUT2D eigenvalue weighted by molar-refractivity contribution is 5.91. The third kappa shape index (κ3) is 6.27. The Labute approximate surface area is 216 Å². The summed E-state index contributed by atoms with van der Waals surface area (Å²) in [4.78, 5) is 20.4. The maximum Gasteiger partial charge on any atom is 0.416 e. The van der Waals surface area contributed by atoms with Gasteiger partial charge in [-0.05, 0) is 99.0 Å². The number of H-pyrrole nitrogens is 1. The largest absolute Gasteiger partial charge is 0.416 e. The van der Waals surface area contributed by atoms with Crippen molar-refractivity contribution in [3.05, 3.63) is 77.5 Å². The highest BCUT2D eigenvalue weighted by atomic mass is 19.4. The number of aromatic amines is 1. The molecule has 0 atom stereocenters. The third-order valence-corrected chi connectivity index (χ3v) is 8.08. The zero-order chi connectivity index (χ0) is 25.8. The summed E-state index contributed by atoms with van der Waals surface area (Å²) in [6.45, 7) is 4.87. The van der Waals surface area contributed by atoms with Crippen molar-refractivity contribution in [1.29, 1.82) is 0 Å². The molecule has 3 aromatic rings. The number of alkyl halides is 3. The van der Waals surface area contributed by atoms with E-state index in [1.165, 1.54) is 53.9 Å². The summed E-state index contributed by atoms with van der Waals surface area (Å²) in [7, 11) is 0. The first-order valence-corrected chi connectivity index (χ1v) is 13.3. The van der Waals surface area contributed by atoms with Crippen molar-refractivity contribution in [2.45, 2.75) is 44.2 Å². The van der Waals surface area contributed by atoms with E-state index in [0.717, 1.165) is 57.7 Å². The molecule has 0 bridgehead atoms. The number of benzene rings is 2. The summed E-state index contributed by atoms with van der Waals surface area (Å²) in [5, 5.41) is 1.36. The van der Waals surface area contributed by atoms with E-state index in [4.69, 9.17) is 0 Å². The van der Waals surface area contributed by atoms with Gasteiger partial charge in [0.2, 0.25) is 5.91 Å². The predicted molar refractivity (Wildman–Crippen MR) is 141 cm³/mol. The van der Waals surface area contributed by atoms with Gasteiger partial charge in [-0.3, -0.25) is 4.79 Å². The number of aromatic nitrogens is 1. The molecule has 1 aromatic heterocycles. The van der Waals surface area contributed by atoms with Crippen LogP contribution in [0.5, 0.6) is 0 Å². The minimum atomic E-state index is -4.35. The minimum absolute atomic E-state index is 0.0716. The highest BCUT2D eigenvalue weighted by Gasteiger charge is 2.30. The molecule has 2 fully saturated rings. The summed E-state index contributed by atoms with van der Waals surface area (Å²) in [5.74, 6) is 1.18. The number of para-hydroxylation sites is 1. The van der Waals surface area contributed by atoms with Gasteiger partial charge in [0.05, 0.1) is 5.56 Å². The van der Waals surface area contributed by atoms with E-state index in [-0.39, 0.29) is 5.91 Å². The normalized spacial score (nSPS) is 18.7. The second-order valence-corrected chi connectivity index (χ2v) is 10.4. The lowest BCUT2D eigenvalue weighted by atomic mass is 9.88. The molecular weight excluding hydrogens is 475 g/mol. The van der Waals surface area contributed by atoms with E-state index in [2.05, 4.69) is 40.3 Å². The minimum Gasteiger partial charge on any atom is -0.361 e. The fourth-order valence-electron chi connectivity index (χ4n) is 5.76.